The van der Waals surface area contributed by atoms with Crippen LogP contribution in [0.15, 0.2) is 35.0 Å². The van der Waals surface area contributed by atoms with Gasteiger partial charge in [-0.3, -0.25) is 0 Å². The van der Waals surface area contributed by atoms with Gasteiger partial charge in [0.25, 0.3) is 5.89 Å². The maximum Gasteiger partial charge on any atom is 0.260 e. The van der Waals surface area contributed by atoms with Crippen LogP contribution >= 0.6 is 23.2 Å². The third-order valence-corrected chi connectivity index (χ3v) is 3.46. The average molecular weight is 321 g/mol. The van der Waals surface area contributed by atoms with Crippen LogP contribution in [0.3, 0.4) is 0 Å². The first-order chi connectivity index (χ1) is 10.1. The Kier molecular flexibility index (Phi) is 3.53. The number of hydrogen-bond acceptors (Lipinski definition) is 5. The van der Waals surface area contributed by atoms with Gasteiger partial charge < -0.3 is 10.3 Å². The normalized spacial score (nSPS) is 10.8. The van der Waals surface area contributed by atoms with E-state index in [1.54, 1.807) is 12.1 Å². The van der Waals surface area contributed by atoms with Crippen molar-refractivity contribution in [3.05, 3.63) is 46.1 Å². The number of aryl methyl sites for hydroxylation is 1. The molecule has 2 heterocycles. The molecule has 0 aliphatic heterocycles. The maximum atomic E-state index is 6.09. The van der Waals surface area contributed by atoms with E-state index in [-0.39, 0.29) is 5.82 Å². The third-order valence-electron chi connectivity index (χ3n) is 2.96. The smallest absolute Gasteiger partial charge is 0.260 e. The molecular formula is C14H10Cl2N4O. The summed E-state index contributed by atoms with van der Waals surface area (Å²) in [7, 11) is 0. The molecule has 0 amide bonds. The first kappa shape index (κ1) is 13.9. The number of halogens is 2. The minimum atomic E-state index is 0.286. The Bertz CT molecular complexity index is 796. The first-order valence-corrected chi connectivity index (χ1v) is 6.82. The highest BCUT2D eigenvalue weighted by atomic mass is 35.5. The summed E-state index contributed by atoms with van der Waals surface area (Å²) in [4.78, 5) is 8.43. The number of nitrogens with zero attached hydrogens (tertiary/aromatic N) is 3. The topological polar surface area (TPSA) is 77.8 Å². The number of rotatable bonds is 2. The molecule has 0 fully saturated rings. The van der Waals surface area contributed by atoms with Crippen LogP contribution in [-0.2, 0) is 0 Å². The molecule has 2 aromatic heterocycles. The number of nitrogens with two attached hydrogens (primary N) is 1. The van der Waals surface area contributed by atoms with Crippen LogP contribution in [0.4, 0.5) is 5.69 Å². The van der Waals surface area contributed by atoms with Crippen molar-refractivity contribution in [2.75, 3.05) is 5.73 Å². The van der Waals surface area contributed by atoms with Crippen LogP contribution in [-0.4, -0.2) is 15.1 Å². The number of aromatic nitrogens is 3. The molecule has 0 saturated carbocycles. The van der Waals surface area contributed by atoms with Gasteiger partial charge in [0.1, 0.15) is 5.69 Å². The summed E-state index contributed by atoms with van der Waals surface area (Å²) in [6, 6.07) is 7.13. The van der Waals surface area contributed by atoms with Crippen LogP contribution in [0.5, 0.6) is 0 Å². The fourth-order valence-corrected chi connectivity index (χ4v) is 2.45. The second-order valence-corrected chi connectivity index (χ2v) is 5.29. The molecule has 0 spiro atoms. The lowest BCUT2D eigenvalue weighted by Gasteiger charge is -2.03. The molecule has 5 nitrogen and oxygen atoms in total. The Balaban J connectivity index is 2.08. The lowest BCUT2D eigenvalue weighted by atomic mass is 10.1. The van der Waals surface area contributed by atoms with E-state index in [0.717, 1.165) is 5.56 Å². The fraction of sp³-hybridized carbons (Fsp3) is 0.0714. The molecule has 0 aliphatic rings. The molecule has 0 bridgehead atoms. The van der Waals surface area contributed by atoms with Crippen molar-refractivity contribution in [2.24, 2.45) is 0 Å². The van der Waals surface area contributed by atoms with E-state index in [9.17, 15) is 0 Å². The Morgan fingerprint density at radius 2 is 2.05 bits per heavy atom. The van der Waals surface area contributed by atoms with Gasteiger partial charge >= 0.3 is 0 Å². The van der Waals surface area contributed by atoms with Gasteiger partial charge in [-0.15, -0.1) is 0 Å². The summed E-state index contributed by atoms with van der Waals surface area (Å²) >= 11 is 11.9. The van der Waals surface area contributed by atoms with Crippen LogP contribution in [0, 0.1) is 6.92 Å². The van der Waals surface area contributed by atoms with Crippen molar-refractivity contribution >= 4 is 28.9 Å². The van der Waals surface area contributed by atoms with Crippen molar-refractivity contribution in [3.8, 4) is 23.0 Å². The summed E-state index contributed by atoms with van der Waals surface area (Å²) in [5, 5.41) is 4.70. The van der Waals surface area contributed by atoms with Gasteiger partial charge in [0.15, 0.2) is 0 Å². The van der Waals surface area contributed by atoms with E-state index in [4.69, 9.17) is 33.5 Å². The van der Waals surface area contributed by atoms with Crippen LogP contribution in [0.2, 0.25) is 10.0 Å². The number of anilines is 1. The molecular weight excluding hydrogens is 311 g/mol. The molecule has 7 heteroatoms. The van der Waals surface area contributed by atoms with E-state index >= 15 is 0 Å². The predicted octanol–water partition coefficient (Wildman–Crippen LogP) is 4.00. The average Bonchev–Trinajstić information content (AvgIpc) is 2.87. The second kappa shape index (κ2) is 5.35. The number of benzene rings is 1. The Morgan fingerprint density at radius 1 is 1.24 bits per heavy atom. The van der Waals surface area contributed by atoms with Gasteiger partial charge in [-0.05, 0) is 24.6 Å². The molecule has 1 aromatic carbocycles. The second-order valence-electron chi connectivity index (χ2n) is 4.45. The molecule has 2 N–H and O–H groups in total. The molecule has 0 atom stereocenters. The van der Waals surface area contributed by atoms with Gasteiger partial charge in [-0.25, -0.2) is 4.98 Å². The molecule has 0 aliphatic carbocycles. The summed E-state index contributed by atoms with van der Waals surface area (Å²) in [6.45, 7) is 1.92. The quantitative estimate of drug-likeness (QED) is 0.722. The molecule has 0 saturated heterocycles. The summed E-state index contributed by atoms with van der Waals surface area (Å²) < 4.78 is 5.28. The fourth-order valence-electron chi connectivity index (χ4n) is 1.98. The van der Waals surface area contributed by atoms with Gasteiger partial charge in [0.05, 0.1) is 15.6 Å². The number of pyridine rings is 1. The lowest BCUT2D eigenvalue weighted by Crippen LogP contribution is -1.93. The lowest BCUT2D eigenvalue weighted by molar-refractivity contribution is 0.432. The molecule has 0 unspecified atom stereocenters. The monoisotopic (exact) mass is 320 g/mol. The van der Waals surface area contributed by atoms with Crippen LogP contribution in [0.25, 0.3) is 23.0 Å². The maximum absolute atomic E-state index is 6.09. The van der Waals surface area contributed by atoms with E-state index in [0.29, 0.717) is 32.9 Å². The van der Waals surface area contributed by atoms with Crippen molar-refractivity contribution in [1.82, 2.24) is 15.1 Å². The molecule has 3 rings (SSSR count). The van der Waals surface area contributed by atoms with Crippen LogP contribution in [0.1, 0.15) is 5.56 Å². The predicted molar refractivity (Wildman–Crippen MR) is 82.1 cm³/mol. The van der Waals surface area contributed by atoms with E-state index in [1.807, 2.05) is 19.1 Å². The van der Waals surface area contributed by atoms with Crippen molar-refractivity contribution in [3.63, 3.8) is 0 Å². The number of hydrogen-bond donors (Lipinski definition) is 1. The SMILES string of the molecule is Cc1cccc(N)c1-c1nc(-c2ncc(Cl)cc2Cl)no1. The summed E-state index contributed by atoms with van der Waals surface area (Å²) in [5.41, 5.74) is 8.59. The van der Waals surface area contributed by atoms with Gasteiger partial charge in [-0.1, -0.05) is 40.5 Å². The molecule has 3 aromatic rings. The largest absolute Gasteiger partial charge is 0.398 e. The van der Waals surface area contributed by atoms with Crippen molar-refractivity contribution < 1.29 is 4.52 Å². The van der Waals surface area contributed by atoms with Crippen molar-refractivity contribution in [2.45, 2.75) is 6.92 Å². The Hall–Kier alpha value is -2.11. The van der Waals surface area contributed by atoms with Gasteiger partial charge in [0, 0.05) is 11.9 Å². The zero-order valence-electron chi connectivity index (χ0n) is 11.0. The van der Waals surface area contributed by atoms with E-state index < -0.39 is 0 Å². The van der Waals surface area contributed by atoms with E-state index in [1.165, 1.54) is 6.20 Å². The zero-order chi connectivity index (χ0) is 15.0. The molecule has 0 radical (unpaired) electrons. The molecule has 106 valence electrons. The van der Waals surface area contributed by atoms with Crippen LogP contribution < -0.4 is 5.73 Å². The van der Waals surface area contributed by atoms with Crippen molar-refractivity contribution in [1.29, 1.82) is 0 Å². The van der Waals surface area contributed by atoms with Gasteiger partial charge in [0.2, 0.25) is 5.82 Å². The number of nitrogen functional groups attached to an aromatic ring is 1. The Labute approximate surface area is 130 Å². The Morgan fingerprint density at radius 3 is 2.76 bits per heavy atom. The summed E-state index contributed by atoms with van der Waals surface area (Å²) in [6.07, 6.45) is 1.47. The minimum absolute atomic E-state index is 0.286. The highest BCUT2D eigenvalue weighted by molar-refractivity contribution is 6.35. The van der Waals surface area contributed by atoms with Gasteiger partial charge in [-0.2, -0.15) is 4.98 Å². The first-order valence-electron chi connectivity index (χ1n) is 6.07. The van der Waals surface area contributed by atoms with E-state index in [2.05, 4.69) is 15.1 Å². The summed E-state index contributed by atoms with van der Waals surface area (Å²) in [5.74, 6) is 0.614. The zero-order valence-corrected chi connectivity index (χ0v) is 12.5. The minimum Gasteiger partial charge on any atom is -0.398 e. The third kappa shape index (κ3) is 2.57. The standard InChI is InChI=1S/C14H10Cl2N4O/c1-7-3-2-4-10(17)11(7)14-19-13(20-21-14)12-9(16)5-8(15)6-18-12/h2-6H,17H2,1H3. The highest BCUT2D eigenvalue weighted by Crippen LogP contribution is 2.31. The molecule has 21 heavy (non-hydrogen) atoms. The highest BCUT2D eigenvalue weighted by Gasteiger charge is 2.17.